The second-order valence-electron chi connectivity index (χ2n) is 3.62. The second kappa shape index (κ2) is 5.88. The molecule has 1 N–H and O–H groups in total. The Bertz CT molecular complexity index is 702. The number of rotatable bonds is 4. The van der Waals surface area contributed by atoms with Crippen molar-refractivity contribution in [1.82, 2.24) is 4.72 Å². The quantitative estimate of drug-likeness (QED) is 0.872. The highest BCUT2D eigenvalue weighted by atomic mass is 79.9. The average Bonchev–Trinajstić information content (AvgIpc) is 2.75. The van der Waals surface area contributed by atoms with E-state index >= 15 is 0 Å². The lowest BCUT2D eigenvalue weighted by Crippen LogP contribution is -2.22. The van der Waals surface area contributed by atoms with Crippen molar-refractivity contribution >= 4 is 48.9 Å². The van der Waals surface area contributed by atoms with Gasteiger partial charge in [-0.2, -0.15) is 0 Å². The normalized spacial score (nSPS) is 11.7. The molecule has 2 rings (SSSR count). The van der Waals surface area contributed by atoms with Crippen molar-refractivity contribution in [3.8, 4) is 0 Å². The van der Waals surface area contributed by atoms with Crippen LogP contribution in [0.4, 0.5) is 4.39 Å². The summed E-state index contributed by atoms with van der Waals surface area (Å²) in [6, 6.07) is 6.99. The van der Waals surface area contributed by atoms with Gasteiger partial charge >= 0.3 is 0 Å². The van der Waals surface area contributed by atoms with Gasteiger partial charge in [0.05, 0.1) is 3.79 Å². The summed E-state index contributed by atoms with van der Waals surface area (Å²) in [4.78, 5) is 0. The molecule has 0 spiro atoms. The Morgan fingerprint density at radius 3 is 2.63 bits per heavy atom. The molecule has 3 nitrogen and oxygen atoms in total. The lowest BCUT2D eigenvalue weighted by Gasteiger charge is -2.06. The van der Waals surface area contributed by atoms with E-state index < -0.39 is 15.8 Å². The van der Waals surface area contributed by atoms with Crippen LogP contribution >= 0.6 is 38.9 Å². The van der Waals surface area contributed by atoms with E-state index in [1.807, 2.05) is 0 Å². The first-order valence-corrected chi connectivity index (χ1v) is 8.54. The van der Waals surface area contributed by atoms with E-state index in [9.17, 15) is 12.8 Å². The van der Waals surface area contributed by atoms with Gasteiger partial charge in [-0.3, -0.25) is 0 Å². The van der Waals surface area contributed by atoms with Crippen molar-refractivity contribution in [2.24, 2.45) is 0 Å². The predicted octanol–water partition coefficient (Wildman–Crippen LogP) is 3.78. The van der Waals surface area contributed by atoms with Gasteiger partial charge in [0.25, 0.3) is 0 Å². The van der Waals surface area contributed by atoms with Gasteiger partial charge in [-0.25, -0.2) is 17.5 Å². The molecule has 0 aliphatic heterocycles. The standard InChI is InChI=1S/C11H8BrClFNO2S2/c12-10-3-4-11(18-10)19(16,17)15-6-7-1-2-8(14)5-9(7)13/h1-5,15H,6H2. The first-order chi connectivity index (χ1) is 8.88. The van der Waals surface area contributed by atoms with Gasteiger partial charge in [0.1, 0.15) is 10.0 Å². The SMILES string of the molecule is O=S(=O)(NCc1ccc(F)cc1Cl)c1ccc(Br)s1. The lowest BCUT2D eigenvalue weighted by molar-refractivity contribution is 0.583. The number of sulfonamides is 1. The predicted molar refractivity (Wildman–Crippen MR) is 77.5 cm³/mol. The first kappa shape index (κ1) is 14.9. The molecule has 0 aliphatic rings. The number of halogens is 3. The van der Waals surface area contributed by atoms with Crippen LogP contribution in [0.2, 0.25) is 5.02 Å². The van der Waals surface area contributed by atoms with Crippen LogP contribution in [-0.4, -0.2) is 8.42 Å². The maximum Gasteiger partial charge on any atom is 0.250 e. The van der Waals surface area contributed by atoms with Crippen LogP contribution < -0.4 is 4.72 Å². The van der Waals surface area contributed by atoms with E-state index in [0.717, 1.165) is 21.2 Å². The monoisotopic (exact) mass is 383 g/mol. The van der Waals surface area contributed by atoms with Crippen LogP contribution in [0.1, 0.15) is 5.56 Å². The van der Waals surface area contributed by atoms with Crippen molar-refractivity contribution < 1.29 is 12.8 Å². The maximum atomic E-state index is 12.9. The molecule has 1 aromatic carbocycles. The van der Waals surface area contributed by atoms with E-state index in [1.165, 1.54) is 18.2 Å². The van der Waals surface area contributed by atoms with Crippen LogP contribution in [-0.2, 0) is 16.6 Å². The Balaban J connectivity index is 2.14. The molecule has 0 unspecified atom stereocenters. The molecule has 0 saturated heterocycles. The fraction of sp³-hybridized carbons (Fsp3) is 0.0909. The molecule has 0 aliphatic carbocycles. The molecule has 102 valence electrons. The third-order valence-corrected chi connectivity index (χ3v) is 6.15. The van der Waals surface area contributed by atoms with Crippen molar-refractivity contribution in [2.45, 2.75) is 10.8 Å². The topological polar surface area (TPSA) is 46.2 Å². The van der Waals surface area contributed by atoms with Gasteiger partial charge in [-0.1, -0.05) is 17.7 Å². The molecule has 0 radical (unpaired) electrons. The van der Waals surface area contributed by atoms with Crippen molar-refractivity contribution in [3.05, 3.63) is 50.5 Å². The summed E-state index contributed by atoms with van der Waals surface area (Å²) in [7, 11) is -3.58. The Morgan fingerprint density at radius 1 is 1.32 bits per heavy atom. The summed E-state index contributed by atoms with van der Waals surface area (Å²) in [5.41, 5.74) is 0.516. The zero-order chi connectivity index (χ0) is 14.0. The van der Waals surface area contributed by atoms with Crippen LogP contribution in [0.5, 0.6) is 0 Å². The minimum atomic E-state index is -3.58. The van der Waals surface area contributed by atoms with E-state index in [1.54, 1.807) is 6.07 Å². The highest BCUT2D eigenvalue weighted by Gasteiger charge is 2.16. The molecule has 0 bridgehead atoms. The molecular weight excluding hydrogens is 377 g/mol. The minimum Gasteiger partial charge on any atom is -0.207 e. The van der Waals surface area contributed by atoms with E-state index in [2.05, 4.69) is 20.7 Å². The Morgan fingerprint density at radius 2 is 2.05 bits per heavy atom. The average molecular weight is 385 g/mol. The fourth-order valence-electron chi connectivity index (χ4n) is 1.35. The minimum absolute atomic E-state index is 0.0109. The summed E-state index contributed by atoms with van der Waals surface area (Å²) in [6.07, 6.45) is 0. The summed E-state index contributed by atoms with van der Waals surface area (Å²) in [6.45, 7) is 0.0109. The van der Waals surface area contributed by atoms with Crippen molar-refractivity contribution in [1.29, 1.82) is 0 Å². The Labute approximate surface area is 127 Å². The number of thiophene rings is 1. The third-order valence-electron chi connectivity index (χ3n) is 2.28. The van der Waals surface area contributed by atoms with E-state index in [-0.39, 0.29) is 15.8 Å². The molecule has 19 heavy (non-hydrogen) atoms. The largest absolute Gasteiger partial charge is 0.250 e. The molecule has 0 amide bonds. The number of hydrogen-bond acceptors (Lipinski definition) is 3. The Hall–Kier alpha value is -0.470. The van der Waals surface area contributed by atoms with Crippen LogP contribution in [0, 0.1) is 5.82 Å². The summed E-state index contributed by atoms with van der Waals surface area (Å²) in [5, 5.41) is 0.190. The molecule has 0 saturated carbocycles. The third kappa shape index (κ3) is 3.76. The molecule has 1 aromatic heterocycles. The van der Waals surface area contributed by atoms with Gasteiger partial charge in [0, 0.05) is 11.6 Å². The van der Waals surface area contributed by atoms with E-state index in [0.29, 0.717) is 5.56 Å². The maximum absolute atomic E-state index is 12.9. The molecule has 8 heteroatoms. The highest BCUT2D eigenvalue weighted by Crippen LogP contribution is 2.26. The summed E-state index contributed by atoms with van der Waals surface area (Å²) in [5.74, 6) is -0.459. The molecule has 0 fully saturated rings. The molecule has 0 atom stereocenters. The molecule has 2 aromatic rings. The first-order valence-electron chi connectivity index (χ1n) is 5.07. The van der Waals surface area contributed by atoms with Gasteiger partial charge in [0.15, 0.2) is 0 Å². The molecule has 1 heterocycles. The number of hydrogen-bond donors (Lipinski definition) is 1. The van der Waals surface area contributed by atoms with Gasteiger partial charge in [-0.15, -0.1) is 11.3 Å². The van der Waals surface area contributed by atoms with Gasteiger partial charge in [0.2, 0.25) is 10.0 Å². The van der Waals surface area contributed by atoms with Crippen LogP contribution in [0.15, 0.2) is 38.3 Å². The zero-order valence-electron chi connectivity index (χ0n) is 9.36. The second-order valence-corrected chi connectivity index (χ2v) is 8.48. The van der Waals surface area contributed by atoms with Crippen molar-refractivity contribution in [2.75, 3.05) is 0 Å². The Kier molecular flexibility index (Phi) is 4.62. The van der Waals surface area contributed by atoms with Gasteiger partial charge in [-0.05, 0) is 45.8 Å². The fourth-order valence-corrected chi connectivity index (χ4v) is 4.65. The number of benzene rings is 1. The summed E-state index contributed by atoms with van der Waals surface area (Å²) < 4.78 is 40.1. The summed E-state index contributed by atoms with van der Waals surface area (Å²) >= 11 is 10.1. The van der Waals surface area contributed by atoms with E-state index in [4.69, 9.17) is 11.6 Å². The molecular formula is C11H8BrClFNO2S2. The van der Waals surface area contributed by atoms with Crippen LogP contribution in [0.3, 0.4) is 0 Å². The lowest BCUT2D eigenvalue weighted by atomic mass is 10.2. The number of nitrogens with one attached hydrogen (secondary N) is 1. The zero-order valence-corrected chi connectivity index (χ0v) is 13.3. The van der Waals surface area contributed by atoms with Gasteiger partial charge < -0.3 is 0 Å². The smallest absolute Gasteiger partial charge is 0.207 e. The van der Waals surface area contributed by atoms with Crippen molar-refractivity contribution in [3.63, 3.8) is 0 Å². The van der Waals surface area contributed by atoms with Crippen LogP contribution in [0.25, 0.3) is 0 Å². The highest BCUT2D eigenvalue weighted by molar-refractivity contribution is 9.11.